The van der Waals surface area contributed by atoms with E-state index in [1.807, 2.05) is 11.8 Å². The van der Waals surface area contributed by atoms with Crippen LogP contribution in [0.3, 0.4) is 0 Å². The topological polar surface area (TPSA) is 92.6 Å². The molecular formula is C24H24F4N8. The van der Waals surface area contributed by atoms with E-state index < -0.39 is 18.4 Å². The number of rotatable bonds is 9. The van der Waals surface area contributed by atoms with Crippen LogP contribution in [-0.2, 0) is 12.9 Å². The van der Waals surface area contributed by atoms with Gasteiger partial charge in [0.25, 0.3) is 0 Å². The van der Waals surface area contributed by atoms with Gasteiger partial charge >= 0.3 is 6.18 Å². The number of unbranched alkanes of at least 4 members (excludes halogenated alkanes) is 1. The highest BCUT2D eigenvalue weighted by atomic mass is 19.4. The summed E-state index contributed by atoms with van der Waals surface area (Å²) in [5.41, 5.74) is 1.14. The minimum absolute atomic E-state index is 0.200. The molecule has 0 spiro atoms. The normalized spacial score (nSPS) is 11.6. The maximum Gasteiger partial charge on any atom is 0.417 e. The second kappa shape index (κ2) is 10.8. The van der Waals surface area contributed by atoms with Crippen LogP contribution in [0.25, 0.3) is 22.6 Å². The van der Waals surface area contributed by atoms with E-state index in [9.17, 15) is 17.6 Å². The van der Waals surface area contributed by atoms with E-state index in [2.05, 4.69) is 42.4 Å². The van der Waals surface area contributed by atoms with Crippen LogP contribution in [0.2, 0.25) is 0 Å². The fourth-order valence-corrected chi connectivity index (χ4v) is 3.58. The molecule has 0 aromatic carbocycles. The summed E-state index contributed by atoms with van der Waals surface area (Å²) in [6.45, 7) is 4.88. The Hall–Kier alpha value is -3.96. The summed E-state index contributed by atoms with van der Waals surface area (Å²) in [5, 5.41) is 11.5. The molecule has 0 fully saturated rings. The van der Waals surface area contributed by atoms with Gasteiger partial charge in [0, 0.05) is 31.0 Å². The third kappa shape index (κ3) is 5.47. The van der Waals surface area contributed by atoms with Crippen LogP contribution in [0, 0.1) is 0 Å². The zero-order valence-electron chi connectivity index (χ0n) is 19.7. The van der Waals surface area contributed by atoms with Crippen molar-refractivity contribution in [3.63, 3.8) is 0 Å². The van der Waals surface area contributed by atoms with Gasteiger partial charge < -0.3 is 10.2 Å². The number of hydrogen-bond acceptors (Lipinski definition) is 8. The first-order valence-electron chi connectivity index (χ1n) is 11.4. The summed E-state index contributed by atoms with van der Waals surface area (Å²) in [5.74, 6) is 0.802. The Morgan fingerprint density at radius 3 is 2.50 bits per heavy atom. The first kappa shape index (κ1) is 25.1. The van der Waals surface area contributed by atoms with E-state index in [-0.39, 0.29) is 17.2 Å². The van der Waals surface area contributed by atoms with Crippen molar-refractivity contribution in [2.45, 2.75) is 39.5 Å². The lowest BCUT2D eigenvalue weighted by Gasteiger charge is -2.21. The van der Waals surface area contributed by atoms with Crippen molar-refractivity contribution in [2.75, 3.05) is 23.3 Å². The molecule has 0 bridgehead atoms. The van der Waals surface area contributed by atoms with Gasteiger partial charge in [0.1, 0.15) is 29.4 Å². The van der Waals surface area contributed by atoms with Crippen molar-refractivity contribution in [1.82, 2.24) is 30.1 Å². The lowest BCUT2D eigenvalue weighted by molar-refractivity contribution is -0.137. The molecule has 4 aromatic rings. The first-order chi connectivity index (χ1) is 17.3. The lowest BCUT2D eigenvalue weighted by atomic mass is 10.1. The minimum Gasteiger partial charge on any atom is -0.355 e. The third-order valence-corrected chi connectivity index (χ3v) is 5.53. The van der Waals surface area contributed by atoms with Crippen molar-refractivity contribution in [3.05, 3.63) is 54.0 Å². The Bertz CT molecular complexity index is 1330. The molecule has 8 nitrogen and oxygen atoms in total. The number of fused-ring (bicyclic) bond motifs is 1. The molecule has 4 rings (SSSR count). The third-order valence-electron chi connectivity index (χ3n) is 5.53. The molecule has 0 aliphatic carbocycles. The van der Waals surface area contributed by atoms with Crippen molar-refractivity contribution < 1.29 is 17.6 Å². The average molecular weight is 501 g/mol. The molecule has 0 unspecified atom stereocenters. The first-order valence-corrected chi connectivity index (χ1v) is 11.4. The van der Waals surface area contributed by atoms with Gasteiger partial charge in [-0.3, -0.25) is 0 Å². The highest BCUT2D eigenvalue weighted by Gasteiger charge is 2.30. The second-order valence-electron chi connectivity index (χ2n) is 7.98. The summed E-state index contributed by atoms with van der Waals surface area (Å²) in [6, 6.07) is 5.44. The van der Waals surface area contributed by atoms with E-state index in [1.54, 1.807) is 12.1 Å². The Balaban J connectivity index is 1.63. The Morgan fingerprint density at radius 2 is 1.83 bits per heavy atom. The van der Waals surface area contributed by atoms with Crippen LogP contribution in [0.5, 0.6) is 0 Å². The van der Waals surface area contributed by atoms with Gasteiger partial charge in [-0.15, -0.1) is 10.2 Å². The Kier molecular flexibility index (Phi) is 7.51. The van der Waals surface area contributed by atoms with Gasteiger partial charge in [-0.25, -0.2) is 24.3 Å². The number of halogens is 4. The van der Waals surface area contributed by atoms with Crippen LogP contribution in [-0.4, -0.2) is 43.2 Å². The van der Waals surface area contributed by atoms with Crippen LogP contribution in [0.4, 0.5) is 34.9 Å². The van der Waals surface area contributed by atoms with Crippen LogP contribution in [0.15, 0.2) is 42.9 Å². The molecule has 0 atom stereocenters. The second-order valence-corrected chi connectivity index (χ2v) is 7.98. The van der Waals surface area contributed by atoms with Crippen molar-refractivity contribution in [2.24, 2.45) is 0 Å². The molecule has 0 aliphatic heterocycles. The number of anilines is 3. The molecule has 0 saturated carbocycles. The maximum atomic E-state index is 14.0. The highest BCUT2D eigenvalue weighted by Crippen LogP contribution is 2.30. The van der Waals surface area contributed by atoms with Gasteiger partial charge in [-0.2, -0.15) is 13.2 Å². The largest absolute Gasteiger partial charge is 0.417 e. The Morgan fingerprint density at radius 1 is 1.00 bits per heavy atom. The SMILES string of the molecule is CCCCN(CC)c1cc(CF)c(-c2cnc3c(Nc4ccc(C(F)(F)F)cn4)ccnc3n2)nn1. The fraction of sp³-hybridized carbons (Fsp3) is 0.333. The van der Waals surface area contributed by atoms with Crippen LogP contribution in [0.1, 0.15) is 37.8 Å². The zero-order valence-corrected chi connectivity index (χ0v) is 19.7. The monoisotopic (exact) mass is 500 g/mol. The molecule has 0 aliphatic rings. The summed E-state index contributed by atoms with van der Waals surface area (Å²) in [6.07, 6.45) is 1.21. The number of aromatic nitrogens is 6. The van der Waals surface area contributed by atoms with Gasteiger partial charge in [0.15, 0.2) is 11.5 Å². The summed E-state index contributed by atoms with van der Waals surface area (Å²) in [7, 11) is 0. The van der Waals surface area contributed by atoms with Gasteiger partial charge in [0.2, 0.25) is 0 Å². The quantitative estimate of drug-likeness (QED) is 0.291. The van der Waals surface area contributed by atoms with E-state index >= 15 is 0 Å². The predicted molar refractivity (Wildman–Crippen MR) is 128 cm³/mol. The summed E-state index contributed by atoms with van der Waals surface area (Å²) >= 11 is 0. The number of alkyl halides is 4. The highest BCUT2D eigenvalue weighted by molar-refractivity contribution is 5.87. The summed E-state index contributed by atoms with van der Waals surface area (Å²) in [4.78, 5) is 19.0. The minimum atomic E-state index is -4.47. The van der Waals surface area contributed by atoms with Crippen LogP contribution < -0.4 is 10.2 Å². The number of hydrogen-bond donors (Lipinski definition) is 1. The molecule has 0 saturated heterocycles. The predicted octanol–water partition coefficient (Wildman–Crippen LogP) is 5.74. The number of nitrogens with one attached hydrogen (secondary N) is 1. The molecule has 36 heavy (non-hydrogen) atoms. The van der Waals surface area contributed by atoms with Crippen LogP contribution >= 0.6 is 0 Å². The molecule has 1 N–H and O–H groups in total. The van der Waals surface area contributed by atoms with Crippen molar-refractivity contribution in [1.29, 1.82) is 0 Å². The van der Waals surface area contributed by atoms with Gasteiger partial charge in [-0.05, 0) is 37.6 Å². The molecule has 188 valence electrons. The number of nitrogens with zero attached hydrogens (tertiary/aromatic N) is 7. The molecule has 4 aromatic heterocycles. The molecule has 0 radical (unpaired) electrons. The van der Waals surface area contributed by atoms with Gasteiger partial charge in [0.05, 0.1) is 17.4 Å². The average Bonchev–Trinajstić information content (AvgIpc) is 2.88. The van der Waals surface area contributed by atoms with E-state index in [0.717, 1.165) is 38.2 Å². The molecule has 0 amide bonds. The lowest BCUT2D eigenvalue weighted by Crippen LogP contribution is -2.25. The fourth-order valence-electron chi connectivity index (χ4n) is 3.58. The summed E-state index contributed by atoms with van der Waals surface area (Å²) < 4.78 is 52.3. The van der Waals surface area contributed by atoms with Crippen molar-refractivity contribution >= 4 is 28.5 Å². The zero-order chi connectivity index (χ0) is 25.7. The van der Waals surface area contributed by atoms with E-state index in [1.165, 1.54) is 18.5 Å². The van der Waals surface area contributed by atoms with Gasteiger partial charge in [-0.1, -0.05) is 13.3 Å². The molecular weight excluding hydrogens is 476 g/mol. The van der Waals surface area contributed by atoms with E-state index in [4.69, 9.17) is 0 Å². The maximum absolute atomic E-state index is 14.0. The van der Waals surface area contributed by atoms with E-state index in [0.29, 0.717) is 28.3 Å². The Labute approximate surface area is 204 Å². The van der Waals surface area contributed by atoms with Crippen molar-refractivity contribution in [3.8, 4) is 11.4 Å². The number of pyridine rings is 2. The smallest absolute Gasteiger partial charge is 0.355 e. The molecule has 4 heterocycles. The molecule has 12 heteroatoms. The standard InChI is InChI=1S/C24H24F4N8/c1-3-5-10-36(4-2)20-11-15(12-25)21(35-34-20)18-14-31-22-17(8-9-29-23(22)33-18)32-19-7-6-16(13-30-19)24(26,27)28/h6-9,11,13-14H,3-5,10,12H2,1-2H3,(H,29,30,32,33).